The molecular weight excluding hydrogens is 448 g/mol. The summed E-state index contributed by atoms with van der Waals surface area (Å²) in [5.74, 6) is -0.574. The standard InChI is InChI=1S/C15H21N3O2.C3H7NO3.H2O4S/c1-15-7-8-17(3)13(15)18(4)12-6-5-10(9-11(12)15)20-14(19)16-2;4-2(1-5)3(6)7;1-5(2,3)4/h5-6,9,13H,7-8H2,1-4H3,(H,16,19);2,5H,1,4H2,(H,6,7);(H2,1,2,3,4)/t;2-;/m.0./s1. The van der Waals surface area contributed by atoms with Crippen LogP contribution in [0.4, 0.5) is 10.5 Å². The maximum Gasteiger partial charge on any atom is 0.412 e. The highest BCUT2D eigenvalue weighted by atomic mass is 32.3. The van der Waals surface area contributed by atoms with E-state index in [0.29, 0.717) is 11.9 Å². The second-order valence-corrected chi connectivity index (χ2v) is 8.42. The number of likely N-dealkylation sites (N-methyl/N-ethyl adjacent to an activating group) is 2. The van der Waals surface area contributed by atoms with E-state index in [0.717, 1.165) is 13.0 Å². The van der Waals surface area contributed by atoms with Gasteiger partial charge in [-0.25, -0.2) is 4.79 Å². The van der Waals surface area contributed by atoms with E-state index in [4.69, 9.17) is 38.2 Å². The lowest BCUT2D eigenvalue weighted by atomic mass is 9.81. The van der Waals surface area contributed by atoms with Gasteiger partial charge in [0.05, 0.1) is 12.8 Å². The van der Waals surface area contributed by atoms with Gasteiger partial charge in [0.25, 0.3) is 0 Å². The number of benzene rings is 1. The molecule has 3 atom stereocenters. The number of nitrogens with two attached hydrogens (primary N) is 1. The van der Waals surface area contributed by atoms with Gasteiger partial charge in [0.1, 0.15) is 11.8 Å². The van der Waals surface area contributed by atoms with Crippen molar-refractivity contribution in [2.75, 3.05) is 39.2 Å². The lowest BCUT2D eigenvalue weighted by Crippen LogP contribution is -2.45. The fourth-order valence-corrected chi connectivity index (χ4v) is 3.85. The van der Waals surface area contributed by atoms with Crippen LogP contribution in [-0.4, -0.2) is 91.2 Å². The molecule has 1 aromatic carbocycles. The first kappa shape index (κ1) is 27.5. The predicted octanol–water partition coefficient (Wildman–Crippen LogP) is -0.488. The smallest absolute Gasteiger partial charge is 0.412 e. The molecular formula is C18H30N4O9S. The second-order valence-electron chi connectivity index (χ2n) is 7.53. The first-order valence-electron chi connectivity index (χ1n) is 9.42. The number of hydrogen-bond donors (Lipinski definition) is 6. The zero-order valence-corrected chi connectivity index (χ0v) is 19.0. The number of carboxylic acid groups (broad SMARTS) is 1. The minimum absolute atomic E-state index is 0.0981. The van der Waals surface area contributed by atoms with E-state index >= 15 is 0 Å². The first-order valence-corrected chi connectivity index (χ1v) is 10.8. The molecule has 2 aliphatic heterocycles. The lowest BCUT2D eigenvalue weighted by Gasteiger charge is -2.32. The fourth-order valence-electron chi connectivity index (χ4n) is 3.85. The minimum Gasteiger partial charge on any atom is -0.480 e. The molecule has 32 heavy (non-hydrogen) atoms. The van der Waals surface area contributed by atoms with Crippen LogP contribution in [-0.2, 0) is 20.6 Å². The Labute approximate surface area is 186 Å². The number of aliphatic hydroxyl groups is 1. The largest absolute Gasteiger partial charge is 0.480 e. The van der Waals surface area contributed by atoms with Gasteiger partial charge < -0.3 is 30.9 Å². The number of fused-ring (bicyclic) bond motifs is 3. The number of carbonyl (C=O) groups is 2. The minimum atomic E-state index is -4.67. The molecule has 1 amide bonds. The van der Waals surface area contributed by atoms with Crippen molar-refractivity contribution < 1.29 is 42.1 Å². The monoisotopic (exact) mass is 478 g/mol. The molecule has 0 bridgehead atoms. The second kappa shape index (κ2) is 10.9. The van der Waals surface area contributed by atoms with Crippen LogP contribution < -0.4 is 20.7 Å². The molecule has 0 spiro atoms. The quantitative estimate of drug-likeness (QED) is 0.305. The number of carboxylic acids is 1. The third kappa shape index (κ3) is 7.01. The SMILES string of the molecule is CNC(=O)Oc1ccc2c(c1)C1(C)CCN(C)C1N2C.N[C@@H](CO)C(=O)O.O=S(=O)(O)O. The van der Waals surface area contributed by atoms with E-state index in [2.05, 4.69) is 36.1 Å². The summed E-state index contributed by atoms with van der Waals surface area (Å²) in [7, 11) is 1.20. The van der Waals surface area contributed by atoms with Crippen molar-refractivity contribution in [1.29, 1.82) is 0 Å². The Morgan fingerprint density at radius 3 is 2.34 bits per heavy atom. The summed E-state index contributed by atoms with van der Waals surface area (Å²) in [6.07, 6.45) is 1.07. The first-order chi connectivity index (χ1) is 14.7. The third-order valence-corrected chi connectivity index (χ3v) is 5.23. The Bertz CT molecular complexity index is 919. The van der Waals surface area contributed by atoms with Gasteiger partial charge in [-0.05, 0) is 37.2 Å². The molecule has 2 aliphatic rings. The van der Waals surface area contributed by atoms with Crippen molar-refractivity contribution in [3.63, 3.8) is 0 Å². The molecule has 3 rings (SSSR count). The summed E-state index contributed by atoms with van der Waals surface area (Å²) in [5, 5.41) is 18.4. The van der Waals surface area contributed by atoms with E-state index in [1.54, 1.807) is 7.05 Å². The molecule has 182 valence electrons. The van der Waals surface area contributed by atoms with Gasteiger partial charge in [-0.3, -0.25) is 18.8 Å². The van der Waals surface area contributed by atoms with Crippen molar-refractivity contribution in [2.45, 2.75) is 31.0 Å². The van der Waals surface area contributed by atoms with Crippen LogP contribution in [0, 0.1) is 0 Å². The van der Waals surface area contributed by atoms with Crippen LogP contribution in [0.5, 0.6) is 5.75 Å². The summed E-state index contributed by atoms with van der Waals surface area (Å²) in [5.41, 5.74) is 7.37. The third-order valence-electron chi connectivity index (χ3n) is 5.23. The number of carbonyl (C=O) groups excluding carboxylic acids is 1. The maximum atomic E-state index is 11.4. The van der Waals surface area contributed by atoms with Crippen LogP contribution in [0.1, 0.15) is 18.9 Å². The van der Waals surface area contributed by atoms with Crippen molar-refractivity contribution in [2.24, 2.45) is 5.73 Å². The lowest BCUT2D eigenvalue weighted by molar-refractivity contribution is -0.139. The topological polar surface area (TPSA) is 203 Å². The van der Waals surface area contributed by atoms with Crippen molar-refractivity contribution in [1.82, 2.24) is 10.2 Å². The van der Waals surface area contributed by atoms with Gasteiger partial charge >= 0.3 is 22.5 Å². The number of anilines is 1. The molecule has 7 N–H and O–H groups in total. The Kier molecular flexibility index (Phi) is 9.37. The van der Waals surface area contributed by atoms with E-state index in [1.165, 1.54) is 11.3 Å². The Morgan fingerprint density at radius 1 is 1.34 bits per heavy atom. The van der Waals surface area contributed by atoms with Gasteiger partial charge in [0.15, 0.2) is 0 Å². The maximum absolute atomic E-state index is 11.4. The molecule has 14 heteroatoms. The summed E-state index contributed by atoms with van der Waals surface area (Å²) in [6.45, 7) is 2.88. The van der Waals surface area contributed by atoms with Gasteiger partial charge in [-0.1, -0.05) is 6.92 Å². The van der Waals surface area contributed by atoms with Crippen LogP contribution in [0.15, 0.2) is 18.2 Å². The molecule has 1 aromatic rings. The highest BCUT2D eigenvalue weighted by Gasteiger charge is 2.52. The number of amides is 1. The number of aliphatic carboxylic acids is 1. The summed E-state index contributed by atoms with van der Waals surface area (Å²) >= 11 is 0. The van der Waals surface area contributed by atoms with Crippen molar-refractivity contribution >= 4 is 28.1 Å². The molecule has 0 radical (unpaired) electrons. The highest BCUT2D eigenvalue weighted by Crippen LogP contribution is 2.51. The Balaban J connectivity index is 0.000000355. The number of rotatable bonds is 3. The van der Waals surface area contributed by atoms with E-state index in [9.17, 15) is 9.59 Å². The zero-order valence-electron chi connectivity index (χ0n) is 18.2. The molecule has 1 fully saturated rings. The zero-order chi connectivity index (χ0) is 24.9. The number of nitrogens with one attached hydrogen (secondary N) is 1. The number of hydrogen-bond acceptors (Lipinski definition) is 9. The van der Waals surface area contributed by atoms with Gasteiger partial charge in [0, 0.05) is 31.7 Å². The van der Waals surface area contributed by atoms with E-state index in [-0.39, 0.29) is 5.41 Å². The summed E-state index contributed by atoms with van der Waals surface area (Å²) in [4.78, 5) is 25.7. The van der Waals surface area contributed by atoms with Crippen molar-refractivity contribution in [3.05, 3.63) is 23.8 Å². The Hall–Kier alpha value is -2.49. The molecule has 0 aromatic heterocycles. The number of aliphatic hydroxyl groups excluding tert-OH is 1. The highest BCUT2D eigenvalue weighted by molar-refractivity contribution is 7.79. The average Bonchev–Trinajstić information content (AvgIpc) is 3.12. The molecule has 1 saturated heterocycles. The van der Waals surface area contributed by atoms with Gasteiger partial charge in [0.2, 0.25) is 0 Å². The summed E-state index contributed by atoms with van der Waals surface area (Å²) in [6, 6.07) is 4.79. The number of likely N-dealkylation sites (tertiary alicyclic amines) is 1. The van der Waals surface area contributed by atoms with Gasteiger partial charge in [-0.15, -0.1) is 0 Å². The average molecular weight is 479 g/mol. The summed E-state index contributed by atoms with van der Waals surface area (Å²) < 4.78 is 36.8. The molecule has 0 aliphatic carbocycles. The van der Waals surface area contributed by atoms with E-state index in [1.807, 2.05) is 18.2 Å². The Morgan fingerprint density at radius 2 is 1.91 bits per heavy atom. The van der Waals surface area contributed by atoms with E-state index < -0.39 is 35.1 Å². The molecule has 2 unspecified atom stereocenters. The molecule has 2 heterocycles. The van der Waals surface area contributed by atoms with Crippen LogP contribution in [0.3, 0.4) is 0 Å². The fraction of sp³-hybridized carbons (Fsp3) is 0.556. The van der Waals surface area contributed by atoms with Crippen LogP contribution in [0.2, 0.25) is 0 Å². The van der Waals surface area contributed by atoms with Crippen molar-refractivity contribution in [3.8, 4) is 5.75 Å². The number of nitrogens with zero attached hydrogens (tertiary/aromatic N) is 2. The number of ether oxygens (including phenoxy) is 1. The molecule has 0 saturated carbocycles. The molecule has 13 nitrogen and oxygen atoms in total. The normalized spacial score (nSPS) is 22.4. The van der Waals surface area contributed by atoms with Gasteiger partial charge in [-0.2, -0.15) is 8.42 Å². The van der Waals surface area contributed by atoms with Crippen LogP contribution >= 0.6 is 0 Å². The van der Waals surface area contributed by atoms with Crippen LogP contribution in [0.25, 0.3) is 0 Å². The predicted molar refractivity (Wildman–Crippen MR) is 115 cm³/mol.